The highest BCUT2D eigenvalue weighted by molar-refractivity contribution is 6.32. The Hall–Kier alpha value is -2.55. The van der Waals surface area contributed by atoms with Crippen LogP contribution in [0.4, 0.5) is 5.69 Å². The molecular formula is C16H10Cl2N2O3. The lowest BCUT2D eigenvalue weighted by Crippen LogP contribution is -2.23. The molecule has 0 aliphatic carbocycles. The van der Waals surface area contributed by atoms with E-state index >= 15 is 0 Å². The van der Waals surface area contributed by atoms with Gasteiger partial charge in [0.1, 0.15) is 5.02 Å². The van der Waals surface area contributed by atoms with Crippen molar-refractivity contribution in [3.63, 3.8) is 0 Å². The van der Waals surface area contributed by atoms with Gasteiger partial charge in [-0.15, -0.1) is 0 Å². The highest BCUT2D eigenvalue weighted by Gasteiger charge is 2.15. The van der Waals surface area contributed by atoms with Gasteiger partial charge in [0, 0.05) is 17.2 Å². The summed E-state index contributed by atoms with van der Waals surface area (Å²) < 4.78 is 0. The number of carbonyl (C=O) groups is 1. The normalized spacial score (nSPS) is 9.65. The van der Waals surface area contributed by atoms with E-state index in [0.29, 0.717) is 10.6 Å². The van der Waals surface area contributed by atoms with Crippen molar-refractivity contribution in [1.29, 1.82) is 0 Å². The predicted octanol–water partition coefficient (Wildman–Crippen LogP) is 3.68. The average Bonchev–Trinajstić information content (AvgIpc) is 2.53. The third kappa shape index (κ3) is 4.46. The van der Waals surface area contributed by atoms with E-state index in [9.17, 15) is 14.9 Å². The Morgan fingerprint density at radius 3 is 2.61 bits per heavy atom. The van der Waals surface area contributed by atoms with E-state index in [1.54, 1.807) is 24.3 Å². The first-order valence-corrected chi connectivity index (χ1v) is 7.20. The average molecular weight is 349 g/mol. The second kappa shape index (κ2) is 7.63. The minimum atomic E-state index is -0.643. The molecule has 2 aromatic carbocycles. The van der Waals surface area contributed by atoms with Crippen LogP contribution in [0.1, 0.15) is 15.9 Å². The molecule has 0 unspecified atom stereocenters. The second-order valence-corrected chi connectivity index (χ2v) is 5.20. The number of amides is 1. The number of benzene rings is 2. The summed E-state index contributed by atoms with van der Waals surface area (Å²) in [6.07, 6.45) is 0. The standard InChI is InChI=1S/C16H10Cl2N2O3/c17-13-6-2-1-4-11(13)5-3-9-19-16(21)12-7-8-14(18)15(10-12)20(22)23/h1-2,4,6-8,10H,9H2,(H,19,21). The summed E-state index contributed by atoms with van der Waals surface area (Å²) in [6.45, 7) is 0.0838. The molecule has 0 atom stereocenters. The second-order valence-electron chi connectivity index (χ2n) is 4.39. The monoisotopic (exact) mass is 348 g/mol. The molecule has 116 valence electrons. The summed E-state index contributed by atoms with van der Waals surface area (Å²) in [6, 6.07) is 10.9. The Bertz CT molecular complexity index is 826. The first-order valence-electron chi connectivity index (χ1n) is 6.44. The van der Waals surface area contributed by atoms with Crippen LogP contribution in [0.15, 0.2) is 42.5 Å². The van der Waals surface area contributed by atoms with Gasteiger partial charge in [0.05, 0.1) is 16.5 Å². The Morgan fingerprint density at radius 1 is 1.17 bits per heavy atom. The van der Waals surface area contributed by atoms with Gasteiger partial charge >= 0.3 is 0 Å². The van der Waals surface area contributed by atoms with E-state index in [4.69, 9.17) is 23.2 Å². The van der Waals surface area contributed by atoms with Gasteiger partial charge in [-0.05, 0) is 24.3 Å². The fourth-order valence-electron chi connectivity index (χ4n) is 1.72. The Balaban J connectivity index is 2.03. The van der Waals surface area contributed by atoms with Crippen molar-refractivity contribution in [3.05, 3.63) is 73.8 Å². The van der Waals surface area contributed by atoms with Gasteiger partial charge in [0.15, 0.2) is 0 Å². The summed E-state index contributed by atoms with van der Waals surface area (Å²) in [5, 5.41) is 13.9. The van der Waals surface area contributed by atoms with Crippen molar-refractivity contribution >= 4 is 34.8 Å². The molecule has 0 fully saturated rings. The first kappa shape index (κ1) is 16.8. The minimum Gasteiger partial charge on any atom is -0.341 e. The maximum absolute atomic E-state index is 11.9. The number of nitro groups is 1. The SMILES string of the molecule is O=C(NCC#Cc1ccccc1Cl)c1ccc(Cl)c([N+](=O)[O-])c1. The van der Waals surface area contributed by atoms with Gasteiger partial charge in [-0.25, -0.2) is 0 Å². The highest BCUT2D eigenvalue weighted by atomic mass is 35.5. The van der Waals surface area contributed by atoms with Crippen molar-refractivity contribution in [3.8, 4) is 11.8 Å². The smallest absolute Gasteiger partial charge is 0.288 e. The molecule has 1 amide bonds. The van der Waals surface area contributed by atoms with Crippen LogP contribution in [0, 0.1) is 22.0 Å². The topological polar surface area (TPSA) is 72.2 Å². The number of carbonyl (C=O) groups excluding carboxylic acids is 1. The summed E-state index contributed by atoms with van der Waals surface area (Å²) >= 11 is 11.7. The molecule has 0 bridgehead atoms. The van der Waals surface area contributed by atoms with Crippen LogP contribution in [-0.2, 0) is 0 Å². The van der Waals surface area contributed by atoms with Crippen LogP contribution in [-0.4, -0.2) is 17.4 Å². The molecule has 1 N–H and O–H groups in total. The molecule has 0 saturated carbocycles. The molecule has 0 radical (unpaired) electrons. The van der Waals surface area contributed by atoms with E-state index in [2.05, 4.69) is 17.2 Å². The molecule has 0 aromatic heterocycles. The summed E-state index contributed by atoms with van der Waals surface area (Å²) in [5.74, 6) is 5.12. The lowest BCUT2D eigenvalue weighted by molar-refractivity contribution is -0.384. The molecule has 0 spiro atoms. The largest absolute Gasteiger partial charge is 0.341 e. The molecule has 5 nitrogen and oxygen atoms in total. The molecule has 7 heteroatoms. The summed E-state index contributed by atoms with van der Waals surface area (Å²) in [5.41, 5.74) is 0.479. The zero-order valence-corrected chi connectivity index (χ0v) is 13.2. The molecule has 2 aromatic rings. The van der Waals surface area contributed by atoms with Gasteiger partial charge < -0.3 is 5.32 Å². The zero-order chi connectivity index (χ0) is 16.8. The third-order valence-corrected chi connectivity index (χ3v) is 3.49. The Kier molecular flexibility index (Phi) is 5.58. The van der Waals surface area contributed by atoms with Crippen LogP contribution >= 0.6 is 23.2 Å². The van der Waals surface area contributed by atoms with Crippen LogP contribution in [0.2, 0.25) is 10.0 Å². The summed E-state index contributed by atoms with van der Waals surface area (Å²) in [7, 11) is 0. The van der Waals surface area contributed by atoms with Gasteiger partial charge in [-0.2, -0.15) is 0 Å². The van der Waals surface area contributed by atoms with E-state index in [0.717, 1.165) is 6.07 Å². The van der Waals surface area contributed by atoms with Crippen LogP contribution in [0.3, 0.4) is 0 Å². The fourth-order valence-corrected chi connectivity index (χ4v) is 2.09. The molecule has 0 heterocycles. The molecule has 0 aliphatic rings. The Labute approximate surface area is 142 Å². The van der Waals surface area contributed by atoms with Crippen molar-refractivity contribution in [2.75, 3.05) is 6.54 Å². The van der Waals surface area contributed by atoms with Gasteiger partial charge in [0.2, 0.25) is 0 Å². The van der Waals surface area contributed by atoms with Crippen LogP contribution in [0.5, 0.6) is 0 Å². The van der Waals surface area contributed by atoms with E-state index in [-0.39, 0.29) is 22.8 Å². The van der Waals surface area contributed by atoms with E-state index in [1.807, 2.05) is 0 Å². The maximum Gasteiger partial charge on any atom is 0.288 e. The molecule has 0 saturated heterocycles. The van der Waals surface area contributed by atoms with Crippen molar-refractivity contribution < 1.29 is 9.72 Å². The number of hydrogen-bond donors (Lipinski definition) is 1. The number of hydrogen-bond acceptors (Lipinski definition) is 3. The fraction of sp³-hybridized carbons (Fsp3) is 0.0625. The van der Waals surface area contributed by atoms with Gasteiger partial charge in [0.25, 0.3) is 11.6 Å². The van der Waals surface area contributed by atoms with Crippen LogP contribution < -0.4 is 5.32 Å². The molecule has 0 aliphatic heterocycles. The molecule has 2 rings (SSSR count). The molecule has 23 heavy (non-hydrogen) atoms. The van der Waals surface area contributed by atoms with Crippen molar-refractivity contribution in [1.82, 2.24) is 5.32 Å². The zero-order valence-electron chi connectivity index (χ0n) is 11.7. The molecular weight excluding hydrogens is 339 g/mol. The first-order chi connectivity index (χ1) is 11.0. The predicted molar refractivity (Wildman–Crippen MR) is 88.8 cm³/mol. The summed E-state index contributed by atoms with van der Waals surface area (Å²) in [4.78, 5) is 22.1. The number of halogens is 2. The number of nitrogens with one attached hydrogen (secondary N) is 1. The number of rotatable bonds is 3. The number of nitrogens with zero attached hydrogens (tertiary/aromatic N) is 1. The van der Waals surface area contributed by atoms with Crippen LogP contribution in [0.25, 0.3) is 0 Å². The highest BCUT2D eigenvalue weighted by Crippen LogP contribution is 2.24. The Morgan fingerprint density at radius 2 is 1.91 bits per heavy atom. The van der Waals surface area contributed by atoms with Gasteiger partial charge in [-0.1, -0.05) is 47.2 Å². The van der Waals surface area contributed by atoms with Crippen molar-refractivity contribution in [2.24, 2.45) is 0 Å². The maximum atomic E-state index is 11.9. The lowest BCUT2D eigenvalue weighted by Gasteiger charge is -2.02. The van der Waals surface area contributed by atoms with Gasteiger partial charge in [-0.3, -0.25) is 14.9 Å². The van der Waals surface area contributed by atoms with E-state index < -0.39 is 10.8 Å². The lowest BCUT2D eigenvalue weighted by atomic mass is 10.2. The third-order valence-electron chi connectivity index (χ3n) is 2.84. The quantitative estimate of drug-likeness (QED) is 0.522. The van der Waals surface area contributed by atoms with E-state index in [1.165, 1.54) is 12.1 Å². The van der Waals surface area contributed by atoms with Crippen molar-refractivity contribution in [2.45, 2.75) is 0 Å². The number of nitro benzene ring substituents is 1. The minimum absolute atomic E-state index is 0.0231.